The van der Waals surface area contributed by atoms with Crippen molar-refractivity contribution in [2.75, 3.05) is 32.5 Å². The van der Waals surface area contributed by atoms with Crippen LogP contribution in [0.1, 0.15) is 18.4 Å². The summed E-state index contributed by atoms with van der Waals surface area (Å²) in [5.74, 6) is 0.0621. The highest BCUT2D eigenvalue weighted by molar-refractivity contribution is 7.88. The minimum Gasteiger partial charge on any atom is -0.367 e. The van der Waals surface area contributed by atoms with Crippen molar-refractivity contribution in [2.45, 2.75) is 19.4 Å². The van der Waals surface area contributed by atoms with Crippen LogP contribution in [0.25, 0.3) is 0 Å². The molecule has 0 aromatic heterocycles. The molecule has 0 aliphatic carbocycles. The van der Waals surface area contributed by atoms with Gasteiger partial charge in [-0.25, -0.2) is 13.1 Å². The molecular formula is C16H23ClN2O4S. The first-order valence-corrected chi connectivity index (χ1v) is 10.2. The maximum Gasteiger partial charge on any atom is 0.248 e. The number of carbonyl (C=O) groups excluding carboxylic acids is 1. The lowest BCUT2D eigenvalue weighted by Crippen LogP contribution is -2.44. The summed E-state index contributed by atoms with van der Waals surface area (Å²) in [6.07, 6.45) is 2.92. The molecule has 0 saturated carbocycles. The Morgan fingerprint density at radius 1 is 1.42 bits per heavy atom. The van der Waals surface area contributed by atoms with Crippen LogP contribution in [0.3, 0.4) is 0 Å². The number of nitrogens with one attached hydrogen (secondary N) is 1. The third-order valence-corrected chi connectivity index (χ3v) is 5.01. The van der Waals surface area contributed by atoms with Crippen molar-refractivity contribution in [1.29, 1.82) is 0 Å². The highest BCUT2D eigenvalue weighted by atomic mass is 35.5. The molecule has 1 amide bonds. The van der Waals surface area contributed by atoms with Crippen molar-refractivity contribution in [3.63, 3.8) is 0 Å². The SMILES string of the molecule is CS(=O)(=O)NCC1CCCN(C(=O)COCc2ccccc2Cl)C1. The van der Waals surface area contributed by atoms with Gasteiger partial charge in [-0.15, -0.1) is 0 Å². The van der Waals surface area contributed by atoms with Crippen LogP contribution in [-0.4, -0.2) is 51.7 Å². The fraction of sp³-hybridized carbons (Fsp3) is 0.562. The quantitative estimate of drug-likeness (QED) is 0.787. The van der Waals surface area contributed by atoms with E-state index >= 15 is 0 Å². The van der Waals surface area contributed by atoms with Crippen LogP contribution < -0.4 is 4.72 Å². The minimum atomic E-state index is -3.20. The number of amides is 1. The van der Waals surface area contributed by atoms with Gasteiger partial charge >= 0.3 is 0 Å². The normalized spacial score (nSPS) is 18.6. The molecule has 8 heteroatoms. The predicted molar refractivity (Wildman–Crippen MR) is 93.3 cm³/mol. The number of sulfonamides is 1. The molecule has 134 valence electrons. The van der Waals surface area contributed by atoms with Gasteiger partial charge in [0.05, 0.1) is 12.9 Å². The molecule has 0 radical (unpaired) electrons. The summed E-state index contributed by atoms with van der Waals surface area (Å²) < 4.78 is 30.3. The summed E-state index contributed by atoms with van der Waals surface area (Å²) in [6, 6.07) is 7.36. The Hall–Kier alpha value is -1.15. The molecule has 1 heterocycles. The van der Waals surface area contributed by atoms with Crippen LogP contribution in [-0.2, 0) is 26.2 Å². The van der Waals surface area contributed by atoms with E-state index in [4.69, 9.17) is 16.3 Å². The Kier molecular flexibility index (Phi) is 7.03. The summed E-state index contributed by atoms with van der Waals surface area (Å²) in [6.45, 7) is 1.89. The van der Waals surface area contributed by atoms with Crippen LogP contribution in [0.15, 0.2) is 24.3 Å². The highest BCUT2D eigenvalue weighted by Crippen LogP contribution is 2.17. The van der Waals surface area contributed by atoms with E-state index in [0.29, 0.717) is 24.7 Å². The van der Waals surface area contributed by atoms with Crippen LogP contribution >= 0.6 is 11.6 Å². The molecule has 1 unspecified atom stereocenters. The van der Waals surface area contributed by atoms with E-state index in [1.165, 1.54) is 0 Å². The zero-order valence-corrected chi connectivity index (χ0v) is 15.3. The number of nitrogens with zero attached hydrogens (tertiary/aromatic N) is 1. The summed E-state index contributed by atoms with van der Waals surface area (Å²) in [5.41, 5.74) is 0.848. The lowest BCUT2D eigenvalue weighted by atomic mass is 9.98. The molecule has 0 bridgehead atoms. The zero-order chi connectivity index (χ0) is 17.6. The number of ether oxygens (including phenoxy) is 1. The lowest BCUT2D eigenvalue weighted by Gasteiger charge is -2.32. The summed E-state index contributed by atoms with van der Waals surface area (Å²) in [4.78, 5) is 14.0. The second kappa shape index (κ2) is 8.80. The average molecular weight is 375 g/mol. The van der Waals surface area contributed by atoms with Crippen LogP contribution in [0.2, 0.25) is 5.02 Å². The van der Waals surface area contributed by atoms with Gasteiger partial charge in [0, 0.05) is 24.7 Å². The van der Waals surface area contributed by atoms with Crippen LogP contribution in [0.4, 0.5) is 0 Å². The molecule has 1 aromatic carbocycles. The second-order valence-electron chi connectivity index (χ2n) is 6.05. The van der Waals surface area contributed by atoms with Gasteiger partial charge in [-0.05, 0) is 30.4 Å². The number of likely N-dealkylation sites (tertiary alicyclic amines) is 1. The molecule has 1 saturated heterocycles. The van der Waals surface area contributed by atoms with Crippen LogP contribution in [0.5, 0.6) is 0 Å². The van der Waals surface area contributed by atoms with Crippen LogP contribution in [0, 0.1) is 5.92 Å². The Morgan fingerprint density at radius 3 is 2.88 bits per heavy atom. The number of piperidine rings is 1. The molecule has 6 nitrogen and oxygen atoms in total. The van der Waals surface area contributed by atoms with Crippen molar-refractivity contribution < 1.29 is 17.9 Å². The number of carbonyl (C=O) groups is 1. The molecule has 24 heavy (non-hydrogen) atoms. The number of benzene rings is 1. The Bertz CT molecular complexity index is 666. The van der Waals surface area contributed by atoms with Crippen molar-refractivity contribution in [1.82, 2.24) is 9.62 Å². The smallest absolute Gasteiger partial charge is 0.248 e. The molecular weight excluding hydrogens is 352 g/mol. The topological polar surface area (TPSA) is 75.7 Å². The van der Waals surface area contributed by atoms with E-state index in [0.717, 1.165) is 24.7 Å². The fourth-order valence-corrected chi connectivity index (χ4v) is 3.41. The zero-order valence-electron chi connectivity index (χ0n) is 13.7. The first-order valence-electron chi connectivity index (χ1n) is 7.88. The molecule has 1 fully saturated rings. The number of hydrogen-bond acceptors (Lipinski definition) is 4. The maximum absolute atomic E-state index is 12.2. The molecule has 1 N–H and O–H groups in total. The molecule has 1 atom stereocenters. The monoisotopic (exact) mass is 374 g/mol. The molecule has 2 rings (SSSR count). The average Bonchev–Trinajstić information content (AvgIpc) is 2.54. The number of rotatable bonds is 7. The Labute approximate surface area is 148 Å². The van der Waals surface area contributed by atoms with Crippen molar-refractivity contribution in [3.8, 4) is 0 Å². The third-order valence-electron chi connectivity index (χ3n) is 3.95. The summed E-state index contributed by atoms with van der Waals surface area (Å²) >= 11 is 6.05. The summed E-state index contributed by atoms with van der Waals surface area (Å²) in [7, 11) is -3.20. The Balaban J connectivity index is 1.76. The van der Waals surface area contributed by atoms with Gasteiger partial charge in [0.1, 0.15) is 6.61 Å². The number of halogens is 1. The first kappa shape index (κ1) is 19.2. The molecule has 0 spiro atoms. The van der Waals surface area contributed by atoms with E-state index in [1.54, 1.807) is 11.0 Å². The standard InChI is InChI=1S/C16H23ClN2O4S/c1-24(21,22)18-9-13-5-4-8-19(10-13)16(20)12-23-11-14-6-2-3-7-15(14)17/h2-3,6-7,13,18H,4-5,8-12H2,1H3. The van der Waals surface area contributed by atoms with E-state index in [1.807, 2.05) is 18.2 Å². The van der Waals surface area contributed by atoms with Gasteiger partial charge in [-0.2, -0.15) is 0 Å². The van der Waals surface area contributed by atoms with Crippen molar-refractivity contribution in [3.05, 3.63) is 34.9 Å². The van der Waals surface area contributed by atoms with Crippen molar-refractivity contribution >= 4 is 27.5 Å². The fourth-order valence-electron chi connectivity index (χ4n) is 2.68. The first-order chi connectivity index (χ1) is 11.3. The third kappa shape index (κ3) is 6.39. The largest absolute Gasteiger partial charge is 0.367 e. The van der Waals surface area contributed by atoms with E-state index in [-0.39, 0.29) is 25.0 Å². The highest BCUT2D eigenvalue weighted by Gasteiger charge is 2.24. The predicted octanol–water partition coefficient (Wildman–Crippen LogP) is 1.64. The van der Waals surface area contributed by atoms with E-state index in [2.05, 4.69) is 4.72 Å². The molecule has 1 aliphatic rings. The number of hydrogen-bond donors (Lipinski definition) is 1. The maximum atomic E-state index is 12.2. The van der Waals surface area contributed by atoms with E-state index in [9.17, 15) is 13.2 Å². The summed E-state index contributed by atoms with van der Waals surface area (Å²) in [5, 5.41) is 0.620. The van der Waals surface area contributed by atoms with Gasteiger partial charge in [-0.3, -0.25) is 4.79 Å². The second-order valence-corrected chi connectivity index (χ2v) is 8.29. The Morgan fingerprint density at radius 2 is 2.17 bits per heavy atom. The van der Waals surface area contributed by atoms with Gasteiger partial charge in [0.15, 0.2) is 0 Å². The lowest BCUT2D eigenvalue weighted by molar-refractivity contribution is -0.138. The van der Waals surface area contributed by atoms with Gasteiger partial charge in [0.25, 0.3) is 0 Å². The van der Waals surface area contributed by atoms with E-state index < -0.39 is 10.0 Å². The van der Waals surface area contributed by atoms with Gasteiger partial charge in [0.2, 0.25) is 15.9 Å². The minimum absolute atomic E-state index is 0.00253. The van der Waals surface area contributed by atoms with Gasteiger partial charge in [-0.1, -0.05) is 29.8 Å². The molecule has 1 aromatic rings. The molecule has 1 aliphatic heterocycles. The van der Waals surface area contributed by atoms with Gasteiger partial charge < -0.3 is 9.64 Å². The van der Waals surface area contributed by atoms with Crippen molar-refractivity contribution in [2.24, 2.45) is 5.92 Å².